The third kappa shape index (κ3) is 2.24. The molecule has 1 aromatic rings. The Labute approximate surface area is 82.5 Å². The zero-order valence-electron chi connectivity index (χ0n) is 6.60. The Hall–Kier alpha value is -0.520. The van der Waals surface area contributed by atoms with E-state index in [2.05, 4.69) is 15.9 Å². The predicted octanol–water partition coefficient (Wildman–Crippen LogP) is 1.72. The van der Waals surface area contributed by atoms with Crippen molar-refractivity contribution in [1.82, 2.24) is 0 Å². The van der Waals surface area contributed by atoms with Gasteiger partial charge in [0.05, 0.1) is 10.6 Å². The summed E-state index contributed by atoms with van der Waals surface area (Å²) in [7, 11) is 0. The van der Waals surface area contributed by atoms with E-state index in [9.17, 15) is 13.9 Å². The number of halogens is 3. The molecule has 0 saturated carbocycles. The molecular formula is C8H8BrF2NO. The number of rotatable bonds is 2. The fourth-order valence-electron chi connectivity index (χ4n) is 0.945. The summed E-state index contributed by atoms with van der Waals surface area (Å²) in [4.78, 5) is 0. The molecule has 0 aliphatic heterocycles. The summed E-state index contributed by atoms with van der Waals surface area (Å²) in [5.41, 5.74) is 5.28. The molecule has 0 aliphatic rings. The molecule has 1 atom stereocenters. The average Bonchev–Trinajstić information content (AvgIpc) is 2.10. The monoisotopic (exact) mass is 251 g/mol. The standard InChI is InChI=1S/C8H8BrF2NO/c9-8-5(7(13)3-12)1-4(10)2-6(8)11/h1-2,7,13H,3,12H2. The lowest BCUT2D eigenvalue weighted by molar-refractivity contribution is 0.185. The summed E-state index contributed by atoms with van der Waals surface area (Å²) in [6, 6.07) is 1.78. The Kier molecular flexibility index (Phi) is 3.35. The highest BCUT2D eigenvalue weighted by atomic mass is 79.9. The minimum absolute atomic E-state index is 0.0480. The van der Waals surface area contributed by atoms with Gasteiger partial charge in [-0.1, -0.05) is 0 Å². The molecule has 0 saturated heterocycles. The second-order valence-corrected chi connectivity index (χ2v) is 3.34. The van der Waals surface area contributed by atoms with E-state index in [4.69, 9.17) is 5.73 Å². The summed E-state index contributed by atoms with van der Waals surface area (Å²) < 4.78 is 25.6. The molecule has 0 spiro atoms. The number of hydrogen-bond donors (Lipinski definition) is 2. The van der Waals surface area contributed by atoms with E-state index >= 15 is 0 Å². The molecule has 0 fully saturated rings. The highest BCUT2D eigenvalue weighted by Gasteiger charge is 2.14. The largest absolute Gasteiger partial charge is 0.387 e. The molecule has 0 amide bonds. The quantitative estimate of drug-likeness (QED) is 0.787. The van der Waals surface area contributed by atoms with Gasteiger partial charge in [0.25, 0.3) is 0 Å². The van der Waals surface area contributed by atoms with Crippen LogP contribution in [0.2, 0.25) is 0 Å². The zero-order valence-corrected chi connectivity index (χ0v) is 8.18. The lowest BCUT2D eigenvalue weighted by Crippen LogP contribution is -2.12. The van der Waals surface area contributed by atoms with Crippen LogP contribution >= 0.6 is 15.9 Å². The van der Waals surface area contributed by atoms with Gasteiger partial charge in [-0.15, -0.1) is 0 Å². The minimum atomic E-state index is -1.06. The number of aliphatic hydroxyl groups excluding tert-OH is 1. The topological polar surface area (TPSA) is 46.2 Å². The van der Waals surface area contributed by atoms with Crippen molar-refractivity contribution in [3.63, 3.8) is 0 Å². The smallest absolute Gasteiger partial charge is 0.140 e. The van der Waals surface area contributed by atoms with E-state index in [1.165, 1.54) is 0 Å². The van der Waals surface area contributed by atoms with E-state index in [0.29, 0.717) is 0 Å². The number of hydrogen-bond acceptors (Lipinski definition) is 2. The number of benzene rings is 1. The summed E-state index contributed by atoms with van der Waals surface area (Å²) >= 11 is 2.90. The molecule has 2 nitrogen and oxygen atoms in total. The van der Waals surface area contributed by atoms with Crippen molar-refractivity contribution in [2.75, 3.05) is 6.54 Å². The van der Waals surface area contributed by atoms with Crippen LogP contribution in [0.1, 0.15) is 11.7 Å². The van der Waals surface area contributed by atoms with Crippen LogP contribution < -0.4 is 5.73 Å². The van der Waals surface area contributed by atoms with Crippen LogP contribution in [0.4, 0.5) is 8.78 Å². The highest BCUT2D eigenvalue weighted by Crippen LogP contribution is 2.26. The van der Waals surface area contributed by atoms with Crippen LogP contribution in [0, 0.1) is 11.6 Å². The third-order valence-corrected chi connectivity index (χ3v) is 2.44. The van der Waals surface area contributed by atoms with E-state index in [0.717, 1.165) is 12.1 Å². The SMILES string of the molecule is NCC(O)c1cc(F)cc(F)c1Br. The van der Waals surface area contributed by atoms with Gasteiger partial charge in [-0.25, -0.2) is 8.78 Å². The maximum absolute atomic E-state index is 12.9. The zero-order chi connectivity index (χ0) is 10.0. The molecule has 1 unspecified atom stereocenters. The van der Waals surface area contributed by atoms with Gasteiger partial charge in [0.1, 0.15) is 11.6 Å². The molecule has 72 valence electrons. The van der Waals surface area contributed by atoms with Crippen molar-refractivity contribution in [3.05, 3.63) is 33.8 Å². The number of aliphatic hydroxyl groups is 1. The second-order valence-electron chi connectivity index (χ2n) is 2.54. The molecule has 13 heavy (non-hydrogen) atoms. The van der Waals surface area contributed by atoms with Crippen LogP contribution in [0.15, 0.2) is 16.6 Å². The predicted molar refractivity (Wildman–Crippen MR) is 48.1 cm³/mol. The lowest BCUT2D eigenvalue weighted by Gasteiger charge is -2.10. The first-order valence-corrected chi connectivity index (χ1v) is 4.38. The summed E-state index contributed by atoms with van der Waals surface area (Å²) in [5, 5.41) is 9.27. The first-order valence-electron chi connectivity index (χ1n) is 3.59. The summed E-state index contributed by atoms with van der Waals surface area (Å²) in [5.74, 6) is -1.48. The van der Waals surface area contributed by atoms with Gasteiger partial charge in [-0.3, -0.25) is 0 Å². The maximum atomic E-state index is 12.9. The van der Waals surface area contributed by atoms with Crippen LogP contribution in [-0.2, 0) is 0 Å². The Morgan fingerprint density at radius 1 is 1.46 bits per heavy atom. The molecule has 5 heteroatoms. The second kappa shape index (κ2) is 4.13. The Morgan fingerprint density at radius 3 is 2.62 bits per heavy atom. The average molecular weight is 252 g/mol. The molecule has 0 heterocycles. The normalized spacial score (nSPS) is 13.0. The first kappa shape index (κ1) is 10.6. The van der Waals surface area contributed by atoms with Crippen LogP contribution in [0.25, 0.3) is 0 Å². The molecule has 0 bridgehead atoms. The highest BCUT2D eigenvalue weighted by molar-refractivity contribution is 9.10. The van der Waals surface area contributed by atoms with E-state index in [1.807, 2.05) is 0 Å². The van der Waals surface area contributed by atoms with Crippen molar-refractivity contribution >= 4 is 15.9 Å². The first-order chi connectivity index (χ1) is 6.06. The van der Waals surface area contributed by atoms with Gasteiger partial charge in [0.2, 0.25) is 0 Å². The van der Waals surface area contributed by atoms with Crippen molar-refractivity contribution in [1.29, 1.82) is 0 Å². The van der Waals surface area contributed by atoms with Gasteiger partial charge in [0.15, 0.2) is 0 Å². The van der Waals surface area contributed by atoms with Crippen molar-refractivity contribution in [2.24, 2.45) is 5.73 Å². The van der Waals surface area contributed by atoms with Crippen LogP contribution in [0.3, 0.4) is 0 Å². The maximum Gasteiger partial charge on any atom is 0.140 e. The summed E-state index contributed by atoms with van der Waals surface area (Å²) in [6.07, 6.45) is -1.06. The van der Waals surface area contributed by atoms with Crippen molar-refractivity contribution in [3.8, 4) is 0 Å². The van der Waals surface area contributed by atoms with E-state index < -0.39 is 17.7 Å². The van der Waals surface area contributed by atoms with Crippen molar-refractivity contribution < 1.29 is 13.9 Å². The molecule has 1 aromatic carbocycles. The Morgan fingerprint density at radius 2 is 2.08 bits per heavy atom. The van der Waals surface area contributed by atoms with Gasteiger partial charge in [-0.2, -0.15) is 0 Å². The molecule has 3 N–H and O–H groups in total. The Balaban J connectivity index is 3.20. The molecule has 0 aromatic heterocycles. The molecule has 0 radical (unpaired) electrons. The fraction of sp³-hybridized carbons (Fsp3) is 0.250. The van der Waals surface area contributed by atoms with E-state index in [-0.39, 0.29) is 16.6 Å². The van der Waals surface area contributed by atoms with Crippen LogP contribution in [-0.4, -0.2) is 11.7 Å². The Bertz CT molecular complexity index is 319. The van der Waals surface area contributed by atoms with E-state index in [1.54, 1.807) is 0 Å². The van der Waals surface area contributed by atoms with Gasteiger partial charge in [0, 0.05) is 18.2 Å². The van der Waals surface area contributed by atoms with Gasteiger partial charge in [-0.05, 0) is 22.0 Å². The fourth-order valence-corrected chi connectivity index (χ4v) is 1.44. The summed E-state index contributed by atoms with van der Waals surface area (Å²) in [6.45, 7) is -0.0819. The molecule has 1 rings (SSSR count). The number of nitrogens with two attached hydrogens (primary N) is 1. The van der Waals surface area contributed by atoms with Gasteiger partial charge < -0.3 is 10.8 Å². The van der Waals surface area contributed by atoms with Gasteiger partial charge >= 0.3 is 0 Å². The lowest BCUT2D eigenvalue weighted by atomic mass is 10.1. The van der Waals surface area contributed by atoms with Crippen LogP contribution in [0.5, 0.6) is 0 Å². The molecular weight excluding hydrogens is 244 g/mol. The van der Waals surface area contributed by atoms with Crippen molar-refractivity contribution in [2.45, 2.75) is 6.10 Å². The molecule has 0 aliphatic carbocycles. The minimum Gasteiger partial charge on any atom is -0.387 e. The third-order valence-electron chi connectivity index (χ3n) is 1.60.